The van der Waals surface area contributed by atoms with E-state index in [0.717, 1.165) is 17.8 Å². The highest BCUT2D eigenvalue weighted by atomic mass is 19.1. The van der Waals surface area contributed by atoms with Gasteiger partial charge in [0.2, 0.25) is 0 Å². The first-order valence-electron chi connectivity index (χ1n) is 6.78. The van der Waals surface area contributed by atoms with Crippen molar-refractivity contribution in [3.63, 3.8) is 0 Å². The van der Waals surface area contributed by atoms with Crippen LogP contribution in [0.4, 0.5) is 8.78 Å². The standard InChI is InChI=1S/C16H16F2N2O2/c1-20(9-7-13-4-2-3-8-19-13)16(21)11-22-15-6-5-12(17)10-14(15)18/h2-6,8,10H,7,9,11H2,1H3. The van der Waals surface area contributed by atoms with E-state index in [2.05, 4.69) is 4.98 Å². The van der Waals surface area contributed by atoms with Gasteiger partial charge in [-0.25, -0.2) is 8.78 Å². The maximum Gasteiger partial charge on any atom is 0.260 e. The molecule has 116 valence electrons. The Kier molecular flexibility index (Phi) is 5.41. The number of benzene rings is 1. The molecule has 0 spiro atoms. The number of halogens is 2. The van der Waals surface area contributed by atoms with E-state index < -0.39 is 11.6 Å². The molecule has 0 bridgehead atoms. The quantitative estimate of drug-likeness (QED) is 0.823. The molecule has 2 rings (SSSR count). The fourth-order valence-corrected chi connectivity index (χ4v) is 1.79. The van der Waals surface area contributed by atoms with Gasteiger partial charge in [-0.3, -0.25) is 9.78 Å². The van der Waals surface area contributed by atoms with Gasteiger partial charge in [-0.15, -0.1) is 0 Å². The maximum absolute atomic E-state index is 13.4. The van der Waals surface area contributed by atoms with Gasteiger partial charge in [-0.1, -0.05) is 6.07 Å². The average molecular weight is 306 g/mol. The number of aromatic nitrogens is 1. The molecule has 4 nitrogen and oxygen atoms in total. The molecule has 0 saturated carbocycles. The minimum atomic E-state index is -0.830. The molecule has 2 aromatic rings. The number of likely N-dealkylation sites (N-methyl/N-ethyl adjacent to an activating group) is 1. The molecular weight excluding hydrogens is 290 g/mol. The number of carbonyl (C=O) groups is 1. The molecule has 0 N–H and O–H groups in total. The Morgan fingerprint density at radius 3 is 2.77 bits per heavy atom. The highest BCUT2D eigenvalue weighted by Gasteiger charge is 2.12. The number of hydrogen-bond donors (Lipinski definition) is 0. The van der Waals surface area contributed by atoms with Crippen LogP contribution in [-0.2, 0) is 11.2 Å². The lowest BCUT2D eigenvalue weighted by Gasteiger charge is -2.17. The number of rotatable bonds is 6. The van der Waals surface area contributed by atoms with Crippen molar-refractivity contribution < 1.29 is 18.3 Å². The van der Waals surface area contributed by atoms with Crippen molar-refractivity contribution in [2.24, 2.45) is 0 Å². The molecule has 6 heteroatoms. The first kappa shape index (κ1) is 15.9. The molecule has 1 heterocycles. The third-order valence-electron chi connectivity index (χ3n) is 3.10. The molecule has 1 aromatic heterocycles. The molecule has 0 unspecified atom stereocenters. The SMILES string of the molecule is CN(CCc1ccccn1)C(=O)COc1ccc(F)cc1F. The Bertz CT molecular complexity index is 635. The zero-order valence-corrected chi connectivity index (χ0v) is 12.1. The molecular formula is C16H16F2N2O2. The smallest absolute Gasteiger partial charge is 0.260 e. The number of pyridine rings is 1. The lowest BCUT2D eigenvalue weighted by Crippen LogP contribution is -2.33. The zero-order chi connectivity index (χ0) is 15.9. The van der Waals surface area contributed by atoms with Crippen molar-refractivity contribution in [2.45, 2.75) is 6.42 Å². The van der Waals surface area contributed by atoms with E-state index in [-0.39, 0.29) is 18.3 Å². The number of nitrogens with zero attached hydrogens (tertiary/aromatic N) is 2. The van der Waals surface area contributed by atoms with Gasteiger partial charge in [0, 0.05) is 38.0 Å². The molecule has 0 saturated heterocycles. The number of amides is 1. The van der Waals surface area contributed by atoms with E-state index in [1.54, 1.807) is 13.2 Å². The van der Waals surface area contributed by atoms with Crippen LogP contribution in [-0.4, -0.2) is 36.0 Å². The van der Waals surface area contributed by atoms with E-state index in [4.69, 9.17) is 4.74 Å². The van der Waals surface area contributed by atoms with Gasteiger partial charge in [0.25, 0.3) is 5.91 Å². The summed E-state index contributed by atoms with van der Waals surface area (Å²) in [5.41, 5.74) is 0.882. The highest BCUT2D eigenvalue weighted by molar-refractivity contribution is 5.77. The van der Waals surface area contributed by atoms with Crippen molar-refractivity contribution in [3.05, 3.63) is 59.9 Å². The first-order valence-corrected chi connectivity index (χ1v) is 6.78. The summed E-state index contributed by atoms with van der Waals surface area (Å²) in [7, 11) is 1.63. The van der Waals surface area contributed by atoms with E-state index in [1.165, 1.54) is 4.90 Å². The fourth-order valence-electron chi connectivity index (χ4n) is 1.79. The van der Waals surface area contributed by atoms with E-state index >= 15 is 0 Å². The van der Waals surface area contributed by atoms with Crippen LogP contribution in [0, 0.1) is 11.6 Å². The Labute approximate surface area is 127 Å². The molecule has 22 heavy (non-hydrogen) atoms. The second-order valence-corrected chi connectivity index (χ2v) is 4.75. The number of ether oxygens (including phenoxy) is 1. The van der Waals surface area contributed by atoms with Gasteiger partial charge >= 0.3 is 0 Å². The van der Waals surface area contributed by atoms with Crippen LogP contribution in [0.15, 0.2) is 42.6 Å². The number of hydrogen-bond acceptors (Lipinski definition) is 3. The van der Waals surface area contributed by atoms with E-state index in [0.29, 0.717) is 19.0 Å². The van der Waals surface area contributed by atoms with E-state index in [1.807, 2.05) is 18.2 Å². The second-order valence-electron chi connectivity index (χ2n) is 4.75. The molecule has 0 radical (unpaired) electrons. The third kappa shape index (κ3) is 4.51. The summed E-state index contributed by atoms with van der Waals surface area (Å²) in [4.78, 5) is 17.6. The summed E-state index contributed by atoms with van der Waals surface area (Å²) < 4.78 is 31.2. The average Bonchev–Trinajstić information content (AvgIpc) is 2.52. The Hall–Kier alpha value is -2.50. The summed E-state index contributed by atoms with van der Waals surface area (Å²) in [6, 6.07) is 8.53. The summed E-state index contributed by atoms with van der Waals surface area (Å²) in [6.45, 7) is 0.173. The summed E-state index contributed by atoms with van der Waals surface area (Å²) in [6.07, 6.45) is 2.31. The second kappa shape index (κ2) is 7.49. The predicted octanol–water partition coefficient (Wildman–Crippen LogP) is 2.44. The van der Waals surface area contributed by atoms with E-state index in [9.17, 15) is 13.6 Å². The molecule has 0 aliphatic carbocycles. The highest BCUT2D eigenvalue weighted by Crippen LogP contribution is 2.17. The number of carbonyl (C=O) groups excluding carboxylic acids is 1. The van der Waals surface area contributed by atoms with Crippen LogP contribution >= 0.6 is 0 Å². The van der Waals surface area contributed by atoms with Gasteiger partial charge in [0.15, 0.2) is 18.2 Å². The molecule has 1 aromatic carbocycles. The fraction of sp³-hybridized carbons (Fsp3) is 0.250. The van der Waals surface area contributed by atoms with Crippen LogP contribution in [0.1, 0.15) is 5.69 Å². The summed E-state index contributed by atoms with van der Waals surface area (Å²) in [5.74, 6) is -1.96. The minimum Gasteiger partial charge on any atom is -0.481 e. The topological polar surface area (TPSA) is 42.4 Å². The van der Waals surface area contributed by atoms with Gasteiger partial charge in [0.1, 0.15) is 5.82 Å². The monoisotopic (exact) mass is 306 g/mol. The van der Waals surface area contributed by atoms with Gasteiger partial charge < -0.3 is 9.64 Å². The minimum absolute atomic E-state index is 0.145. The largest absolute Gasteiger partial charge is 0.481 e. The van der Waals surface area contributed by atoms with Crippen LogP contribution in [0.5, 0.6) is 5.75 Å². The van der Waals surface area contributed by atoms with Crippen molar-refractivity contribution in [3.8, 4) is 5.75 Å². The molecule has 0 aliphatic rings. The lowest BCUT2D eigenvalue weighted by molar-refractivity contribution is -0.132. The summed E-state index contributed by atoms with van der Waals surface area (Å²) >= 11 is 0. The van der Waals surface area contributed by atoms with Crippen molar-refractivity contribution in [1.29, 1.82) is 0 Å². The molecule has 1 amide bonds. The van der Waals surface area contributed by atoms with Crippen LogP contribution in [0.25, 0.3) is 0 Å². The van der Waals surface area contributed by atoms with Gasteiger partial charge in [-0.2, -0.15) is 0 Å². The van der Waals surface area contributed by atoms with Crippen LogP contribution in [0.3, 0.4) is 0 Å². The Morgan fingerprint density at radius 1 is 1.27 bits per heavy atom. The van der Waals surface area contributed by atoms with Crippen LogP contribution in [0.2, 0.25) is 0 Å². The lowest BCUT2D eigenvalue weighted by atomic mass is 10.2. The Morgan fingerprint density at radius 2 is 2.09 bits per heavy atom. The molecule has 0 aliphatic heterocycles. The molecule has 0 fully saturated rings. The first-order chi connectivity index (χ1) is 10.6. The van der Waals surface area contributed by atoms with Gasteiger partial charge in [0.05, 0.1) is 0 Å². The van der Waals surface area contributed by atoms with Gasteiger partial charge in [-0.05, 0) is 24.3 Å². The normalized spacial score (nSPS) is 10.3. The van der Waals surface area contributed by atoms with Crippen molar-refractivity contribution in [1.82, 2.24) is 9.88 Å². The van der Waals surface area contributed by atoms with Crippen molar-refractivity contribution >= 4 is 5.91 Å². The van der Waals surface area contributed by atoms with Crippen molar-refractivity contribution in [2.75, 3.05) is 20.2 Å². The maximum atomic E-state index is 13.4. The summed E-state index contributed by atoms with van der Waals surface area (Å²) in [5, 5.41) is 0. The van der Waals surface area contributed by atoms with Crippen LogP contribution < -0.4 is 4.74 Å². The third-order valence-corrected chi connectivity index (χ3v) is 3.10. The molecule has 0 atom stereocenters. The predicted molar refractivity (Wildman–Crippen MR) is 77.4 cm³/mol. The zero-order valence-electron chi connectivity index (χ0n) is 12.1. The Balaban J connectivity index is 1.81.